The van der Waals surface area contributed by atoms with Crippen molar-refractivity contribution < 1.29 is 17.9 Å². The van der Waals surface area contributed by atoms with E-state index in [1.165, 1.54) is 7.11 Å². The number of nitrogens with zero attached hydrogens (tertiary/aromatic N) is 1. The van der Waals surface area contributed by atoms with Crippen LogP contribution in [0.3, 0.4) is 0 Å². The second-order valence-electron chi connectivity index (χ2n) is 6.03. The first-order valence-electron chi connectivity index (χ1n) is 8.42. The number of hydrogen-bond donors (Lipinski definition) is 1. The molecule has 0 fully saturated rings. The van der Waals surface area contributed by atoms with E-state index >= 15 is 0 Å². The van der Waals surface area contributed by atoms with Crippen molar-refractivity contribution in [1.82, 2.24) is 5.32 Å². The number of hydrogen-bond acceptors (Lipinski definition) is 4. The van der Waals surface area contributed by atoms with Gasteiger partial charge >= 0.3 is 0 Å². The van der Waals surface area contributed by atoms with Crippen molar-refractivity contribution in [2.24, 2.45) is 0 Å². The summed E-state index contributed by atoms with van der Waals surface area (Å²) < 4.78 is 31.1. The topological polar surface area (TPSA) is 75.7 Å². The lowest BCUT2D eigenvalue weighted by Crippen LogP contribution is -2.49. The maximum Gasteiger partial charge on any atom is 0.244 e. The zero-order valence-electron chi connectivity index (χ0n) is 15.5. The average molecular weight is 411 g/mol. The Bertz CT molecular complexity index is 868. The lowest BCUT2D eigenvalue weighted by Gasteiger charge is -2.30. The van der Waals surface area contributed by atoms with Crippen molar-refractivity contribution in [2.75, 3.05) is 17.7 Å². The summed E-state index contributed by atoms with van der Waals surface area (Å²) in [5.74, 6) is 0.237. The van der Waals surface area contributed by atoms with Gasteiger partial charge < -0.3 is 10.1 Å². The van der Waals surface area contributed by atoms with E-state index in [0.717, 1.165) is 16.1 Å². The molecule has 2 aromatic carbocycles. The molecule has 0 bridgehead atoms. The van der Waals surface area contributed by atoms with Gasteiger partial charge in [0.15, 0.2) is 0 Å². The standard InChI is InChI=1S/C19H23ClN2O4S/c1-4-18(19(23)21-13-14-5-7-15(20)8-6-14)22(27(3,24)25)16-9-11-17(26-2)12-10-16/h5-12,18H,4,13H2,1-3H3,(H,21,23)/t18-/m0/s1. The summed E-state index contributed by atoms with van der Waals surface area (Å²) in [7, 11) is -2.14. The minimum Gasteiger partial charge on any atom is -0.497 e. The number of amides is 1. The number of ether oxygens (including phenoxy) is 1. The lowest BCUT2D eigenvalue weighted by molar-refractivity contribution is -0.122. The minimum absolute atomic E-state index is 0.284. The van der Waals surface area contributed by atoms with E-state index in [4.69, 9.17) is 16.3 Å². The van der Waals surface area contributed by atoms with E-state index in [2.05, 4.69) is 5.32 Å². The highest BCUT2D eigenvalue weighted by Gasteiger charge is 2.31. The van der Waals surface area contributed by atoms with Gasteiger partial charge in [-0.2, -0.15) is 0 Å². The summed E-state index contributed by atoms with van der Waals surface area (Å²) in [6.45, 7) is 2.06. The van der Waals surface area contributed by atoms with Crippen LogP contribution in [-0.2, 0) is 21.4 Å². The van der Waals surface area contributed by atoms with Crippen molar-refractivity contribution in [1.29, 1.82) is 0 Å². The van der Waals surface area contributed by atoms with Crippen LogP contribution in [0.15, 0.2) is 48.5 Å². The average Bonchev–Trinajstić information content (AvgIpc) is 2.64. The van der Waals surface area contributed by atoms with Crippen LogP contribution in [0.4, 0.5) is 5.69 Å². The van der Waals surface area contributed by atoms with Gasteiger partial charge in [0.05, 0.1) is 19.1 Å². The third kappa shape index (κ3) is 5.61. The molecule has 0 saturated heterocycles. The molecule has 8 heteroatoms. The van der Waals surface area contributed by atoms with Gasteiger partial charge in [0, 0.05) is 11.6 Å². The highest BCUT2D eigenvalue weighted by atomic mass is 35.5. The molecule has 0 aliphatic rings. The Hall–Kier alpha value is -2.25. The van der Waals surface area contributed by atoms with Crippen molar-refractivity contribution in [3.8, 4) is 5.75 Å². The monoisotopic (exact) mass is 410 g/mol. The van der Waals surface area contributed by atoms with E-state index in [1.807, 2.05) is 0 Å². The summed E-state index contributed by atoms with van der Waals surface area (Å²) in [4.78, 5) is 12.7. The Morgan fingerprint density at radius 2 is 1.74 bits per heavy atom. The Morgan fingerprint density at radius 3 is 2.22 bits per heavy atom. The predicted molar refractivity (Wildman–Crippen MR) is 108 cm³/mol. The predicted octanol–water partition coefficient (Wildman–Crippen LogP) is 3.21. The number of nitrogens with one attached hydrogen (secondary N) is 1. The largest absolute Gasteiger partial charge is 0.497 e. The van der Waals surface area contributed by atoms with Crippen LogP contribution in [0.1, 0.15) is 18.9 Å². The van der Waals surface area contributed by atoms with Gasteiger partial charge in [-0.25, -0.2) is 8.42 Å². The summed E-state index contributed by atoms with van der Waals surface area (Å²) >= 11 is 5.86. The van der Waals surface area contributed by atoms with Gasteiger partial charge in [0.2, 0.25) is 15.9 Å². The highest BCUT2D eigenvalue weighted by Crippen LogP contribution is 2.25. The molecule has 146 valence electrons. The van der Waals surface area contributed by atoms with Crippen LogP contribution < -0.4 is 14.4 Å². The molecule has 0 aliphatic carbocycles. The fourth-order valence-corrected chi connectivity index (χ4v) is 4.04. The number of rotatable bonds is 8. The number of benzene rings is 2. The molecule has 1 N–H and O–H groups in total. The van der Waals surface area contributed by atoms with E-state index in [0.29, 0.717) is 22.9 Å². The third-order valence-corrected chi connectivity index (χ3v) is 5.47. The van der Waals surface area contributed by atoms with Gasteiger partial charge in [-0.1, -0.05) is 30.7 Å². The van der Waals surface area contributed by atoms with E-state index in [1.54, 1.807) is 55.5 Å². The van der Waals surface area contributed by atoms with Crippen LogP contribution >= 0.6 is 11.6 Å². The normalized spacial score (nSPS) is 12.3. The van der Waals surface area contributed by atoms with Crippen molar-refractivity contribution in [3.63, 3.8) is 0 Å². The van der Waals surface area contributed by atoms with E-state index in [-0.39, 0.29) is 12.5 Å². The molecule has 1 atom stereocenters. The number of halogens is 1. The second kappa shape index (κ2) is 9.10. The number of carbonyl (C=O) groups is 1. The van der Waals surface area contributed by atoms with E-state index < -0.39 is 16.1 Å². The smallest absolute Gasteiger partial charge is 0.244 e. The van der Waals surface area contributed by atoms with Crippen LogP contribution in [-0.4, -0.2) is 33.7 Å². The zero-order valence-corrected chi connectivity index (χ0v) is 17.0. The Balaban J connectivity index is 2.22. The first-order chi connectivity index (χ1) is 12.8. The first kappa shape index (κ1) is 21.1. The van der Waals surface area contributed by atoms with Crippen LogP contribution in [0.2, 0.25) is 5.02 Å². The minimum atomic E-state index is -3.67. The van der Waals surface area contributed by atoms with Crippen molar-refractivity contribution in [3.05, 3.63) is 59.1 Å². The Labute approximate surface area is 165 Å². The number of sulfonamides is 1. The van der Waals surface area contributed by atoms with Crippen molar-refractivity contribution >= 4 is 33.2 Å². The molecule has 2 aromatic rings. The Morgan fingerprint density at radius 1 is 1.15 bits per heavy atom. The number of carbonyl (C=O) groups excluding carboxylic acids is 1. The molecule has 2 rings (SSSR count). The molecule has 0 heterocycles. The van der Waals surface area contributed by atoms with E-state index in [9.17, 15) is 13.2 Å². The molecule has 0 radical (unpaired) electrons. The molecule has 0 aromatic heterocycles. The summed E-state index contributed by atoms with van der Waals surface area (Å²) in [5, 5.41) is 3.41. The molecular weight excluding hydrogens is 388 g/mol. The van der Waals surface area contributed by atoms with Gasteiger partial charge in [-0.15, -0.1) is 0 Å². The molecule has 1 amide bonds. The molecule has 0 aliphatic heterocycles. The second-order valence-corrected chi connectivity index (χ2v) is 8.32. The maximum atomic E-state index is 12.7. The van der Waals surface area contributed by atoms with Gasteiger partial charge in [0.25, 0.3) is 0 Å². The van der Waals surface area contributed by atoms with Gasteiger partial charge in [-0.05, 0) is 48.4 Å². The molecule has 0 unspecified atom stereocenters. The lowest BCUT2D eigenvalue weighted by atomic mass is 10.1. The first-order valence-corrected chi connectivity index (χ1v) is 10.6. The maximum absolute atomic E-state index is 12.7. The summed E-state index contributed by atoms with van der Waals surface area (Å²) in [5.41, 5.74) is 1.28. The van der Waals surface area contributed by atoms with Crippen LogP contribution in [0.5, 0.6) is 5.75 Å². The Kier molecular flexibility index (Phi) is 7.10. The fourth-order valence-electron chi connectivity index (χ4n) is 2.70. The summed E-state index contributed by atoms with van der Waals surface area (Å²) in [6.07, 6.45) is 1.41. The van der Waals surface area contributed by atoms with Crippen LogP contribution in [0.25, 0.3) is 0 Å². The molecule has 0 saturated carbocycles. The summed E-state index contributed by atoms with van der Waals surface area (Å²) in [6, 6.07) is 12.8. The molecule has 27 heavy (non-hydrogen) atoms. The van der Waals surface area contributed by atoms with Crippen LogP contribution in [0, 0.1) is 0 Å². The number of methoxy groups -OCH3 is 1. The fraction of sp³-hybridized carbons (Fsp3) is 0.316. The quantitative estimate of drug-likeness (QED) is 0.725. The molecule has 0 spiro atoms. The molecule has 6 nitrogen and oxygen atoms in total. The van der Waals surface area contributed by atoms with Gasteiger partial charge in [-0.3, -0.25) is 9.10 Å². The van der Waals surface area contributed by atoms with Gasteiger partial charge in [0.1, 0.15) is 11.8 Å². The zero-order chi connectivity index (χ0) is 20.0. The highest BCUT2D eigenvalue weighted by molar-refractivity contribution is 7.92. The van der Waals surface area contributed by atoms with Crippen molar-refractivity contribution in [2.45, 2.75) is 25.9 Å². The number of anilines is 1. The third-order valence-electron chi connectivity index (χ3n) is 4.04. The SMILES string of the molecule is CC[C@@H](C(=O)NCc1ccc(Cl)cc1)N(c1ccc(OC)cc1)S(C)(=O)=O. The molecular formula is C19H23ClN2O4S.